The summed E-state index contributed by atoms with van der Waals surface area (Å²) in [5.41, 5.74) is -0.0380. The summed E-state index contributed by atoms with van der Waals surface area (Å²) in [7, 11) is 0. The molecular formula is C19H16N6S2. The van der Waals surface area contributed by atoms with Crippen LogP contribution in [0.15, 0.2) is 60.7 Å². The highest BCUT2D eigenvalue weighted by Gasteiger charge is 2.51. The molecule has 0 saturated carbocycles. The fourth-order valence-electron chi connectivity index (χ4n) is 2.86. The first-order valence-electron chi connectivity index (χ1n) is 8.20. The molecule has 0 unspecified atom stereocenters. The first kappa shape index (κ1) is 18.6. The Morgan fingerprint density at radius 1 is 0.778 bits per heavy atom. The van der Waals surface area contributed by atoms with Gasteiger partial charge in [0.15, 0.2) is 10.2 Å². The van der Waals surface area contributed by atoms with Gasteiger partial charge in [0.05, 0.1) is 0 Å². The van der Waals surface area contributed by atoms with Crippen LogP contribution in [0.1, 0.15) is 0 Å². The number of para-hydroxylation sites is 2. The summed E-state index contributed by atoms with van der Waals surface area (Å²) in [6.45, 7) is 0.798. The second-order valence-electron chi connectivity index (χ2n) is 5.79. The minimum Gasteiger partial charge on any atom is -0.332 e. The number of nitrogens with zero attached hydrogens (tertiary/aromatic N) is 4. The maximum absolute atomic E-state index is 9.86. The fraction of sp³-hybridized carbons (Fsp3) is 0.158. The van der Waals surface area contributed by atoms with Gasteiger partial charge in [0, 0.05) is 24.5 Å². The van der Waals surface area contributed by atoms with Crippen LogP contribution in [-0.2, 0) is 0 Å². The van der Waals surface area contributed by atoms with Crippen molar-refractivity contribution in [3.8, 4) is 12.1 Å². The average molecular weight is 393 g/mol. The number of rotatable bonds is 2. The molecule has 0 amide bonds. The standard InChI is InChI=1S/C19H16N6S2/c20-13-19(14-21)24(17(26)22-15-7-3-1-4-8-15)11-12-25(19)18(27)23-16-9-5-2-6-10-16/h1-10H,11-12H2,(H,22,26)(H,23,27). The number of anilines is 2. The van der Waals surface area contributed by atoms with Crippen molar-refractivity contribution < 1.29 is 0 Å². The normalized spacial score (nSPS) is 14.7. The van der Waals surface area contributed by atoms with Gasteiger partial charge in [-0.3, -0.25) is 9.80 Å². The SMILES string of the molecule is N#CC1(C#N)N(C(=S)Nc2ccccc2)CCN1C(=S)Nc1ccccc1. The van der Waals surface area contributed by atoms with E-state index in [1.807, 2.05) is 60.7 Å². The molecule has 0 bridgehead atoms. The minimum atomic E-state index is -1.61. The van der Waals surface area contributed by atoms with Crippen LogP contribution in [-0.4, -0.2) is 38.8 Å². The Morgan fingerprint density at radius 3 is 1.48 bits per heavy atom. The van der Waals surface area contributed by atoms with Gasteiger partial charge in [-0.25, -0.2) is 0 Å². The lowest BCUT2D eigenvalue weighted by molar-refractivity contribution is 0.259. The van der Waals surface area contributed by atoms with Crippen LogP contribution in [0.2, 0.25) is 0 Å². The summed E-state index contributed by atoms with van der Waals surface area (Å²) in [4.78, 5) is 3.13. The molecule has 0 spiro atoms. The Kier molecular flexibility index (Phi) is 5.51. The highest BCUT2D eigenvalue weighted by molar-refractivity contribution is 7.80. The zero-order valence-electron chi connectivity index (χ0n) is 14.3. The summed E-state index contributed by atoms with van der Waals surface area (Å²) < 4.78 is 0. The predicted octanol–water partition coefficient (Wildman–Crippen LogP) is 3.14. The van der Waals surface area contributed by atoms with E-state index in [2.05, 4.69) is 22.8 Å². The Balaban J connectivity index is 1.81. The molecule has 3 rings (SSSR count). The zero-order chi connectivity index (χ0) is 19.3. The molecule has 6 nitrogen and oxygen atoms in total. The van der Waals surface area contributed by atoms with Gasteiger partial charge in [-0.2, -0.15) is 10.5 Å². The lowest BCUT2D eigenvalue weighted by Gasteiger charge is -2.34. The number of benzene rings is 2. The van der Waals surface area contributed by atoms with Gasteiger partial charge >= 0.3 is 0 Å². The molecule has 134 valence electrons. The maximum atomic E-state index is 9.86. The largest absolute Gasteiger partial charge is 0.332 e. The first-order chi connectivity index (χ1) is 13.1. The molecule has 2 aromatic rings. The topological polar surface area (TPSA) is 78.1 Å². The minimum absolute atomic E-state index is 0.300. The van der Waals surface area contributed by atoms with Gasteiger partial charge < -0.3 is 10.6 Å². The second-order valence-corrected chi connectivity index (χ2v) is 6.56. The van der Waals surface area contributed by atoms with Crippen molar-refractivity contribution in [2.45, 2.75) is 5.66 Å². The highest BCUT2D eigenvalue weighted by Crippen LogP contribution is 2.28. The molecule has 8 heteroatoms. The summed E-state index contributed by atoms with van der Waals surface area (Å²) >= 11 is 10.9. The van der Waals surface area contributed by atoms with Crippen LogP contribution in [0.5, 0.6) is 0 Å². The molecule has 1 aliphatic heterocycles. The molecule has 0 aromatic heterocycles. The van der Waals surface area contributed by atoms with Crippen molar-refractivity contribution >= 4 is 46.0 Å². The molecule has 1 heterocycles. The maximum Gasteiger partial charge on any atom is 0.296 e. The highest BCUT2D eigenvalue weighted by atomic mass is 32.1. The zero-order valence-corrected chi connectivity index (χ0v) is 15.9. The molecule has 27 heavy (non-hydrogen) atoms. The van der Waals surface area contributed by atoms with Gasteiger partial charge in [-0.05, 0) is 48.7 Å². The average Bonchev–Trinajstić information content (AvgIpc) is 3.09. The van der Waals surface area contributed by atoms with E-state index in [1.165, 1.54) is 0 Å². The number of hydrogen-bond donors (Lipinski definition) is 2. The van der Waals surface area contributed by atoms with E-state index in [-0.39, 0.29) is 0 Å². The van der Waals surface area contributed by atoms with E-state index in [4.69, 9.17) is 24.4 Å². The van der Waals surface area contributed by atoms with Gasteiger partial charge in [0.1, 0.15) is 12.1 Å². The Bertz CT molecular complexity index is 839. The molecule has 0 radical (unpaired) electrons. The third-order valence-corrected chi connectivity index (χ3v) is 4.83. The number of thiocarbonyl (C=S) groups is 2. The van der Waals surface area contributed by atoms with Crippen molar-refractivity contribution in [3.63, 3.8) is 0 Å². The summed E-state index contributed by atoms with van der Waals surface area (Å²) in [6.07, 6.45) is 0. The fourth-order valence-corrected chi connectivity index (χ4v) is 3.54. The van der Waals surface area contributed by atoms with Crippen molar-refractivity contribution in [1.29, 1.82) is 10.5 Å². The van der Waals surface area contributed by atoms with E-state index < -0.39 is 5.66 Å². The Morgan fingerprint density at radius 2 is 1.15 bits per heavy atom. The summed E-state index contributed by atoms with van der Waals surface area (Å²) in [5, 5.41) is 26.5. The van der Waals surface area contributed by atoms with Crippen molar-refractivity contribution in [3.05, 3.63) is 60.7 Å². The molecule has 1 fully saturated rings. The van der Waals surface area contributed by atoms with Crippen LogP contribution in [0, 0.1) is 22.7 Å². The third-order valence-electron chi connectivity index (χ3n) is 4.18. The monoisotopic (exact) mass is 392 g/mol. The van der Waals surface area contributed by atoms with E-state index >= 15 is 0 Å². The van der Waals surface area contributed by atoms with E-state index in [9.17, 15) is 10.5 Å². The van der Waals surface area contributed by atoms with Crippen molar-refractivity contribution in [2.75, 3.05) is 23.7 Å². The smallest absolute Gasteiger partial charge is 0.296 e. The van der Waals surface area contributed by atoms with Crippen LogP contribution in [0.3, 0.4) is 0 Å². The third kappa shape index (κ3) is 3.68. The quantitative estimate of drug-likeness (QED) is 0.755. The second kappa shape index (κ2) is 8.00. The number of nitrogens with one attached hydrogen (secondary N) is 2. The lowest BCUT2D eigenvalue weighted by Crippen LogP contribution is -2.57. The van der Waals surface area contributed by atoms with Gasteiger partial charge in [-0.1, -0.05) is 36.4 Å². The lowest BCUT2D eigenvalue weighted by atomic mass is 10.2. The van der Waals surface area contributed by atoms with E-state index in [1.54, 1.807) is 9.80 Å². The van der Waals surface area contributed by atoms with Gasteiger partial charge in [0.2, 0.25) is 0 Å². The molecule has 2 N–H and O–H groups in total. The molecule has 0 aliphatic carbocycles. The van der Waals surface area contributed by atoms with Gasteiger partial charge in [-0.15, -0.1) is 0 Å². The molecule has 2 aromatic carbocycles. The van der Waals surface area contributed by atoms with Crippen LogP contribution in [0.4, 0.5) is 11.4 Å². The summed E-state index contributed by atoms with van der Waals surface area (Å²) in [5.74, 6) is 0. The van der Waals surface area contributed by atoms with Crippen LogP contribution in [0.25, 0.3) is 0 Å². The Hall–Kier alpha value is -3.20. The summed E-state index contributed by atoms with van der Waals surface area (Å²) in [6, 6.07) is 22.9. The van der Waals surface area contributed by atoms with Crippen molar-refractivity contribution in [1.82, 2.24) is 9.80 Å². The van der Waals surface area contributed by atoms with Crippen LogP contribution < -0.4 is 10.6 Å². The predicted molar refractivity (Wildman–Crippen MR) is 113 cm³/mol. The number of nitriles is 2. The molecule has 1 aliphatic rings. The van der Waals surface area contributed by atoms with E-state index in [0.717, 1.165) is 11.4 Å². The molecular weight excluding hydrogens is 376 g/mol. The van der Waals surface area contributed by atoms with E-state index in [0.29, 0.717) is 23.3 Å². The van der Waals surface area contributed by atoms with Crippen LogP contribution >= 0.6 is 24.4 Å². The Labute approximate surface area is 168 Å². The molecule has 1 saturated heterocycles. The first-order valence-corrected chi connectivity index (χ1v) is 9.02. The van der Waals surface area contributed by atoms with Gasteiger partial charge in [0.25, 0.3) is 5.66 Å². The van der Waals surface area contributed by atoms with Crippen molar-refractivity contribution in [2.24, 2.45) is 0 Å². The molecule has 0 atom stereocenters. The number of hydrogen-bond acceptors (Lipinski definition) is 4.